The molecule has 0 bridgehead atoms. The number of nitro benzene ring substituents is 1. The zero-order valence-corrected chi connectivity index (χ0v) is 15.8. The summed E-state index contributed by atoms with van der Waals surface area (Å²) in [6, 6.07) is 14.3. The van der Waals surface area contributed by atoms with E-state index in [-0.39, 0.29) is 17.4 Å². The minimum absolute atomic E-state index is 0.0645. The Hall–Kier alpha value is -2.94. The molecule has 0 fully saturated rings. The lowest BCUT2D eigenvalue weighted by Gasteiger charge is -2.24. The van der Waals surface area contributed by atoms with Gasteiger partial charge in [0.1, 0.15) is 6.54 Å². The summed E-state index contributed by atoms with van der Waals surface area (Å²) in [7, 11) is -3.81. The minimum Gasteiger partial charge on any atom is -0.348 e. The summed E-state index contributed by atoms with van der Waals surface area (Å²) in [5.41, 5.74) is 0.724. The maximum atomic E-state index is 12.5. The molecule has 0 aliphatic carbocycles. The number of rotatable bonds is 8. The Bertz CT molecular complexity index is 916. The van der Waals surface area contributed by atoms with E-state index in [0.717, 1.165) is 22.2 Å². The van der Waals surface area contributed by atoms with Crippen LogP contribution in [0.3, 0.4) is 0 Å². The second kappa shape index (κ2) is 8.63. The number of nitrogens with zero attached hydrogens (tertiary/aromatic N) is 2. The molecule has 0 radical (unpaired) electrons. The molecule has 1 N–H and O–H groups in total. The van der Waals surface area contributed by atoms with Crippen LogP contribution in [0.15, 0.2) is 54.6 Å². The molecule has 0 heterocycles. The fraction of sp³-hybridized carbons (Fsp3) is 0.278. The fourth-order valence-corrected chi connectivity index (χ4v) is 3.49. The van der Waals surface area contributed by atoms with Gasteiger partial charge in [-0.15, -0.1) is 0 Å². The fourth-order valence-electron chi connectivity index (χ4n) is 2.64. The Morgan fingerprint density at radius 2 is 1.85 bits per heavy atom. The van der Waals surface area contributed by atoms with Crippen LogP contribution in [0.4, 0.5) is 11.4 Å². The summed E-state index contributed by atoms with van der Waals surface area (Å²) in [6.07, 6.45) is 1.58. The molecule has 0 aromatic heterocycles. The van der Waals surface area contributed by atoms with E-state index in [9.17, 15) is 23.3 Å². The molecule has 0 saturated heterocycles. The number of sulfonamides is 1. The van der Waals surface area contributed by atoms with Crippen LogP contribution in [-0.4, -0.2) is 32.0 Å². The van der Waals surface area contributed by atoms with Gasteiger partial charge in [0, 0.05) is 12.1 Å². The third kappa shape index (κ3) is 5.52. The molecule has 2 aromatic carbocycles. The smallest absolute Gasteiger partial charge is 0.271 e. The van der Waals surface area contributed by atoms with Crippen LogP contribution in [0.1, 0.15) is 24.9 Å². The van der Waals surface area contributed by atoms with Gasteiger partial charge in [0.25, 0.3) is 5.69 Å². The highest BCUT2D eigenvalue weighted by molar-refractivity contribution is 7.92. The van der Waals surface area contributed by atoms with E-state index in [1.54, 1.807) is 0 Å². The topological polar surface area (TPSA) is 110 Å². The van der Waals surface area contributed by atoms with Crippen molar-refractivity contribution >= 4 is 27.3 Å². The van der Waals surface area contributed by atoms with Gasteiger partial charge in [-0.25, -0.2) is 8.42 Å². The van der Waals surface area contributed by atoms with Crippen molar-refractivity contribution in [2.45, 2.75) is 19.4 Å². The first-order valence-corrected chi connectivity index (χ1v) is 10.1. The van der Waals surface area contributed by atoms with E-state index in [4.69, 9.17) is 0 Å². The molecule has 0 aliphatic heterocycles. The summed E-state index contributed by atoms with van der Waals surface area (Å²) in [4.78, 5) is 22.8. The van der Waals surface area contributed by atoms with Gasteiger partial charge >= 0.3 is 0 Å². The standard InChI is InChI=1S/C18H21N3O5S/c1-3-17(14-8-5-4-6-9-14)19-18(22)13-20(27(2,25)26)15-10-7-11-16(12-15)21(23)24/h4-12,17H,3,13H2,1-2H3,(H,19,22)/t17-/m0/s1. The van der Waals surface area contributed by atoms with Crippen LogP contribution in [-0.2, 0) is 14.8 Å². The highest BCUT2D eigenvalue weighted by atomic mass is 32.2. The highest BCUT2D eigenvalue weighted by Gasteiger charge is 2.23. The monoisotopic (exact) mass is 391 g/mol. The zero-order valence-electron chi connectivity index (χ0n) is 15.0. The summed E-state index contributed by atoms with van der Waals surface area (Å²) in [5, 5.41) is 13.8. The van der Waals surface area contributed by atoms with E-state index < -0.39 is 27.4 Å². The molecule has 2 rings (SSSR count). The van der Waals surface area contributed by atoms with E-state index in [1.165, 1.54) is 18.2 Å². The summed E-state index contributed by atoms with van der Waals surface area (Å²) >= 11 is 0. The number of amides is 1. The lowest BCUT2D eigenvalue weighted by atomic mass is 10.0. The third-order valence-electron chi connectivity index (χ3n) is 3.96. The van der Waals surface area contributed by atoms with Gasteiger partial charge < -0.3 is 5.32 Å². The van der Waals surface area contributed by atoms with Crippen molar-refractivity contribution in [2.24, 2.45) is 0 Å². The van der Waals surface area contributed by atoms with Gasteiger partial charge in [-0.3, -0.25) is 19.2 Å². The van der Waals surface area contributed by atoms with Crippen molar-refractivity contribution in [1.82, 2.24) is 5.32 Å². The molecule has 144 valence electrons. The molecule has 27 heavy (non-hydrogen) atoms. The number of nitro groups is 1. The Kier molecular flexibility index (Phi) is 6.51. The molecule has 8 nitrogen and oxygen atoms in total. The van der Waals surface area contributed by atoms with E-state index in [0.29, 0.717) is 6.42 Å². The Morgan fingerprint density at radius 1 is 1.19 bits per heavy atom. The number of anilines is 1. The number of nitrogens with one attached hydrogen (secondary N) is 1. The minimum atomic E-state index is -3.81. The predicted molar refractivity (Wildman–Crippen MR) is 103 cm³/mol. The maximum Gasteiger partial charge on any atom is 0.271 e. The first kappa shape index (κ1) is 20.4. The molecule has 1 atom stereocenters. The predicted octanol–water partition coefficient (Wildman–Crippen LogP) is 2.63. The molecule has 0 aliphatic rings. The molecule has 1 amide bonds. The molecular weight excluding hydrogens is 370 g/mol. The van der Waals surface area contributed by atoms with Crippen molar-refractivity contribution in [3.05, 3.63) is 70.3 Å². The largest absolute Gasteiger partial charge is 0.348 e. The lowest BCUT2D eigenvalue weighted by Crippen LogP contribution is -2.41. The second-order valence-electron chi connectivity index (χ2n) is 5.99. The van der Waals surface area contributed by atoms with E-state index in [2.05, 4.69) is 5.32 Å². The summed E-state index contributed by atoms with van der Waals surface area (Å²) in [6.45, 7) is 1.44. The van der Waals surface area contributed by atoms with Gasteiger partial charge in [-0.05, 0) is 18.1 Å². The molecular formula is C18H21N3O5S. The normalized spacial score (nSPS) is 12.2. The van der Waals surface area contributed by atoms with E-state index >= 15 is 0 Å². The molecule has 0 saturated carbocycles. The van der Waals surface area contributed by atoms with Crippen molar-refractivity contribution < 1.29 is 18.1 Å². The SMILES string of the molecule is CC[C@H](NC(=O)CN(c1cccc([N+](=O)[O-])c1)S(C)(=O)=O)c1ccccc1. The van der Waals surface area contributed by atoms with Crippen LogP contribution in [0.5, 0.6) is 0 Å². The van der Waals surface area contributed by atoms with Crippen LogP contribution in [0, 0.1) is 10.1 Å². The number of carbonyl (C=O) groups is 1. The number of carbonyl (C=O) groups excluding carboxylic acids is 1. The number of non-ortho nitro benzene ring substituents is 1. The number of benzene rings is 2. The van der Waals surface area contributed by atoms with Gasteiger partial charge in [-0.2, -0.15) is 0 Å². The van der Waals surface area contributed by atoms with Gasteiger partial charge in [0.05, 0.1) is 22.9 Å². The summed E-state index contributed by atoms with van der Waals surface area (Å²) in [5.74, 6) is -0.498. The van der Waals surface area contributed by atoms with Crippen molar-refractivity contribution in [3.63, 3.8) is 0 Å². The third-order valence-corrected chi connectivity index (χ3v) is 5.10. The van der Waals surface area contributed by atoms with Crippen LogP contribution in [0.2, 0.25) is 0 Å². The second-order valence-corrected chi connectivity index (χ2v) is 7.89. The van der Waals surface area contributed by atoms with Gasteiger partial charge in [0.2, 0.25) is 15.9 Å². The summed E-state index contributed by atoms with van der Waals surface area (Å²) < 4.78 is 25.2. The van der Waals surface area contributed by atoms with E-state index in [1.807, 2.05) is 37.3 Å². The van der Waals surface area contributed by atoms with Gasteiger partial charge in [0.15, 0.2) is 0 Å². The quantitative estimate of drug-likeness (QED) is 0.549. The lowest BCUT2D eigenvalue weighted by molar-refractivity contribution is -0.384. The van der Waals surface area contributed by atoms with Crippen molar-refractivity contribution in [1.29, 1.82) is 0 Å². The zero-order chi connectivity index (χ0) is 20.0. The molecule has 0 spiro atoms. The number of hydrogen-bond acceptors (Lipinski definition) is 5. The Labute approximate surface area is 158 Å². The van der Waals surface area contributed by atoms with Crippen molar-refractivity contribution in [3.8, 4) is 0 Å². The van der Waals surface area contributed by atoms with Crippen LogP contribution >= 0.6 is 0 Å². The average Bonchev–Trinajstić information content (AvgIpc) is 2.64. The average molecular weight is 391 g/mol. The number of hydrogen-bond donors (Lipinski definition) is 1. The first-order valence-electron chi connectivity index (χ1n) is 8.29. The van der Waals surface area contributed by atoms with Crippen LogP contribution in [0.25, 0.3) is 0 Å². The Balaban J connectivity index is 2.23. The first-order chi connectivity index (χ1) is 12.7. The maximum absolute atomic E-state index is 12.5. The Morgan fingerprint density at radius 3 is 2.41 bits per heavy atom. The molecule has 9 heteroatoms. The molecule has 2 aromatic rings. The van der Waals surface area contributed by atoms with Crippen LogP contribution < -0.4 is 9.62 Å². The van der Waals surface area contributed by atoms with Crippen molar-refractivity contribution in [2.75, 3.05) is 17.1 Å². The van der Waals surface area contributed by atoms with Gasteiger partial charge in [-0.1, -0.05) is 43.3 Å². The highest BCUT2D eigenvalue weighted by Crippen LogP contribution is 2.23. The molecule has 0 unspecified atom stereocenters.